The summed E-state index contributed by atoms with van der Waals surface area (Å²) in [5.74, 6) is 1.19. The van der Waals surface area contributed by atoms with Gasteiger partial charge in [-0.1, -0.05) is 54.1 Å². The number of anilines is 1. The zero-order valence-corrected chi connectivity index (χ0v) is 19.9. The van der Waals surface area contributed by atoms with Crippen molar-refractivity contribution in [2.45, 2.75) is 5.92 Å². The fourth-order valence-electron chi connectivity index (χ4n) is 3.98. The summed E-state index contributed by atoms with van der Waals surface area (Å²) >= 11 is 6.07. The number of halogens is 1. The van der Waals surface area contributed by atoms with Gasteiger partial charge in [-0.15, -0.1) is 0 Å². The number of ether oxygens (including phenoxy) is 1. The number of carbonyl (C=O) groups excluding carboxylic acids is 1. The molecule has 0 aromatic heterocycles. The lowest BCUT2D eigenvalue weighted by molar-refractivity contribution is 0.218. The van der Waals surface area contributed by atoms with E-state index in [1.165, 1.54) is 5.01 Å². The molecule has 5 rings (SSSR count). The molecule has 0 radical (unpaired) electrons. The van der Waals surface area contributed by atoms with Gasteiger partial charge in [0.05, 0.1) is 23.9 Å². The monoisotopic (exact) mass is 492 g/mol. The molecule has 176 valence electrons. The van der Waals surface area contributed by atoms with Gasteiger partial charge in [0.2, 0.25) is 0 Å². The smallest absolute Gasteiger partial charge is 0.342 e. The number of nitrogens with one attached hydrogen (secondary N) is 1. The summed E-state index contributed by atoms with van der Waals surface area (Å²) in [5.41, 5.74) is 4.02. The molecule has 1 atom stereocenters. The molecule has 0 fully saturated rings. The standard InChI is InChI=1S/C29H21ClN4O2/c30-23-10-8-22(9-11-23)28-27(21-4-2-1-3-5-21)19-34(33-28)29(35)32-24-12-16-26(17-13-24)36-25-14-6-20(18-31)7-15-25/h1-17,27H,19H2,(H,32,35). The van der Waals surface area contributed by atoms with Gasteiger partial charge in [0, 0.05) is 16.6 Å². The Hall–Kier alpha value is -4.60. The van der Waals surface area contributed by atoms with Crippen LogP contribution in [0.4, 0.5) is 10.5 Å². The van der Waals surface area contributed by atoms with Crippen molar-refractivity contribution in [1.29, 1.82) is 5.26 Å². The number of hydrogen-bond acceptors (Lipinski definition) is 4. The number of hydrazone groups is 1. The van der Waals surface area contributed by atoms with Crippen LogP contribution in [0, 0.1) is 11.3 Å². The van der Waals surface area contributed by atoms with E-state index in [1.807, 2.05) is 54.6 Å². The van der Waals surface area contributed by atoms with E-state index in [2.05, 4.69) is 16.5 Å². The molecule has 1 aliphatic heterocycles. The van der Waals surface area contributed by atoms with Crippen LogP contribution >= 0.6 is 11.6 Å². The Morgan fingerprint density at radius 3 is 2.19 bits per heavy atom. The van der Waals surface area contributed by atoms with Gasteiger partial charge in [-0.05, 0) is 71.8 Å². The Kier molecular flexibility index (Phi) is 6.65. The highest BCUT2D eigenvalue weighted by atomic mass is 35.5. The fraction of sp³-hybridized carbons (Fsp3) is 0.0690. The fourth-order valence-corrected chi connectivity index (χ4v) is 4.11. The molecule has 1 aliphatic rings. The van der Waals surface area contributed by atoms with E-state index in [1.54, 1.807) is 48.5 Å². The van der Waals surface area contributed by atoms with Crippen LogP contribution in [0.25, 0.3) is 0 Å². The highest BCUT2D eigenvalue weighted by Gasteiger charge is 2.32. The molecule has 0 bridgehead atoms. The third-order valence-electron chi connectivity index (χ3n) is 5.82. The molecule has 1 heterocycles. The van der Waals surface area contributed by atoms with E-state index in [-0.39, 0.29) is 11.9 Å². The first-order valence-electron chi connectivity index (χ1n) is 11.3. The summed E-state index contributed by atoms with van der Waals surface area (Å²) < 4.78 is 5.81. The second-order valence-electron chi connectivity index (χ2n) is 8.23. The van der Waals surface area contributed by atoms with Crippen LogP contribution in [-0.2, 0) is 0 Å². The molecule has 1 unspecified atom stereocenters. The molecule has 4 aromatic rings. The van der Waals surface area contributed by atoms with Crippen LogP contribution in [0.3, 0.4) is 0 Å². The third kappa shape index (κ3) is 5.22. The predicted molar refractivity (Wildman–Crippen MR) is 141 cm³/mol. The van der Waals surface area contributed by atoms with Crippen LogP contribution in [0.1, 0.15) is 22.6 Å². The number of benzene rings is 4. The average molecular weight is 493 g/mol. The zero-order chi connectivity index (χ0) is 24.9. The summed E-state index contributed by atoms with van der Waals surface area (Å²) in [4.78, 5) is 13.1. The van der Waals surface area contributed by atoms with Gasteiger partial charge < -0.3 is 10.1 Å². The molecule has 4 aromatic carbocycles. The van der Waals surface area contributed by atoms with Crippen molar-refractivity contribution in [3.05, 3.63) is 125 Å². The van der Waals surface area contributed by atoms with Gasteiger partial charge in [-0.25, -0.2) is 9.80 Å². The summed E-state index contributed by atoms with van der Waals surface area (Å²) in [5, 5.41) is 18.6. The van der Waals surface area contributed by atoms with E-state index in [0.717, 1.165) is 16.8 Å². The van der Waals surface area contributed by atoms with Gasteiger partial charge in [-0.3, -0.25) is 0 Å². The molecular formula is C29H21ClN4O2. The minimum atomic E-state index is -0.319. The van der Waals surface area contributed by atoms with Gasteiger partial charge in [-0.2, -0.15) is 10.4 Å². The highest BCUT2D eigenvalue weighted by molar-refractivity contribution is 6.30. The van der Waals surface area contributed by atoms with E-state index in [9.17, 15) is 4.79 Å². The van der Waals surface area contributed by atoms with E-state index in [4.69, 9.17) is 21.6 Å². The Labute approximate surface area is 214 Å². The predicted octanol–water partition coefficient (Wildman–Crippen LogP) is 7.04. The molecule has 36 heavy (non-hydrogen) atoms. The third-order valence-corrected chi connectivity index (χ3v) is 6.07. The lowest BCUT2D eigenvalue weighted by Crippen LogP contribution is -2.30. The zero-order valence-electron chi connectivity index (χ0n) is 19.1. The molecular weight excluding hydrogens is 472 g/mol. The number of carbonyl (C=O) groups is 1. The Morgan fingerprint density at radius 1 is 0.917 bits per heavy atom. The summed E-state index contributed by atoms with van der Waals surface area (Å²) in [7, 11) is 0. The maximum atomic E-state index is 13.1. The number of hydrogen-bond donors (Lipinski definition) is 1. The first-order valence-corrected chi connectivity index (χ1v) is 11.7. The Balaban J connectivity index is 1.30. The number of nitrogens with zero attached hydrogens (tertiary/aromatic N) is 3. The van der Waals surface area contributed by atoms with Gasteiger partial charge in [0.25, 0.3) is 0 Å². The van der Waals surface area contributed by atoms with Gasteiger partial charge >= 0.3 is 6.03 Å². The topological polar surface area (TPSA) is 77.7 Å². The number of nitriles is 1. The Bertz CT molecular complexity index is 1430. The van der Waals surface area contributed by atoms with Crippen molar-refractivity contribution in [3.63, 3.8) is 0 Å². The lowest BCUT2D eigenvalue weighted by Gasteiger charge is -2.16. The summed E-state index contributed by atoms with van der Waals surface area (Å²) in [6.45, 7) is 0.424. The van der Waals surface area contributed by atoms with Crippen molar-refractivity contribution < 1.29 is 9.53 Å². The summed E-state index contributed by atoms with van der Waals surface area (Å²) in [6.07, 6.45) is 0. The normalized spacial score (nSPS) is 14.6. The second kappa shape index (κ2) is 10.3. The van der Waals surface area contributed by atoms with E-state index < -0.39 is 0 Å². The molecule has 0 aliphatic carbocycles. The molecule has 2 amide bonds. The largest absolute Gasteiger partial charge is 0.457 e. The molecule has 0 saturated carbocycles. The highest BCUT2D eigenvalue weighted by Crippen LogP contribution is 2.30. The average Bonchev–Trinajstić information content (AvgIpc) is 3.37. The number of urea groups is 1. The summed E-state index contributed by atoms with van der Waals surface area (Å²) in [6, 6.07) is 33.2. The minimum Gasteiger partial charge on any atom is -0.457 e. The maximum Gasteiger partial charge on any atom is 0.342 e. The molecule has 0 spiro atoms. The molecule has 0 saturated heterocycles. The SMILES string of the molecule is N#Cc1ccc(Oc2ccc(NC(=O)N3CC(c4ccccc4)C(c4ccc(Cl)cc4)=N3)cc2)cc1. The van der Waals surface area contributed by atoms with Crippen molar-refractivity contribution >= 4 is 29.0 Å². The lowest BCUT2D eigenvalue weighted by atomic mass is 9.91. The van der Waals surface area contributed by atoms with Crippen molar-refractivity contribution in [2.75, 3.05) is 11.9 Å². The van der Waals surface area contributed by atoms with Gasteiger partial charge in [0.15, 0.2) is 0 Å². The van der Waals surface area contributed by atoms with Crippen molar-refractivity contribution in [1.82, 2.24) is 5.01 Å². The Morgan fingerprint density at radius 2 is 1.56 bits per heavy atom. The number of amides is 2. The van der Waals surface area contributed by atoms with Crippen LogP contribution in [0.2, 0.25) is 5.02 Å². The van der Waals surface area contributed by atoms with Crippen molar-refractivity contribution in [2.24, 2.45) is 5.10 Å². The van der Waals surface area contributed by atoms with E-state index in [0.29, 0.717) is 34.3 Å². The van der Waals surface area contributed by atoms with Crippen molar-refractivity contribution in [3.8, 4) is 17.6 Å². The second-order valence-corrected chi connectivity index (χ2v) is 8.67. The minimum absolute atomic E-state index is 0.0543. The van der Waals surface area contributed by atoms with E-state index >= 15 is 0 Å². The van der Waals surface area contributed by atoms with Crippen LogP contribution in [-0.4, -0.2) is 23.3 Å². The van der Waals surface area contributed by atoms with Crippen LogP contribution in [0.15, 0.2) is 108 Å². The van der Waals surface area contributed by atoms with Crippen LogP contribution < -0.4 is 10.1 Å². The quantitative estimate of drug-likeness (QED) is 0.324. The molecule has 7 heteroatoms. The van der Waals surface area contributed by atoms with Crippen LogP contribution in [0.5, 0.6) is 11.5 Å². The van der Waals surface area contributed by atoms with Gasteiger partial charge in [0.1, 0.15) is 11.5 Å². The molecule has 6 nitrogen and oxygen atoms in total. The number of rotatable bonds is 5. The maximum absolute atomic E-state index is 13.1. The first-order chi connectivity index (χ1) is 17.6. The first kappa shape index (κ1) is 23.2. The molecule has 1 N–H and O–H groups in total.